The molecule has 1 aromatic heterocycles. The van der Waals surface area contributed by atoms with E-state index >= 15 is 0 Å². The molecule has 14 heavy (non-hydrogen) atoms. The first-order valence-corrected chi connectivity index (χ1v) is 5.03. The Morgan fingerprint density at radius 1 is 1.64 bits per heavy atom. The number of hydrogen-bond acceptors (Lipinski definition) is 5. The van der Waals surface area contributed by atoms with Gasteiger partial charge in [-0.3, -0.25) is 4.98 Å². The van der Waals surface area contributed by atoms with Crippen molar-refractivity contribution in [3.8, 4) is 0 Å². The number of pyridine rings is 1. The fourth-order valence-corrected chi connectivity index (χ4v) is 1.56. The topological polar surface area (TPSA) is 59.4 Å². The van der Waals surface area contributed by atoms with Gasteiger partial charge in [-0.25, -0.2) is 4.79 Å². The number of thioether (sulfide) groups is 1. The van der Waals surface area contributed by atoms with Gasteiger partial charge in [0.2, 0.25) is 0 Å². The Kier molecular flexibility index (Phi) is 4.42. The molecule has 4 nitrogen and oxygen atoms in total. The highest BCUT2D eigenvalue weighted by atomic mass is 32.2. The van der Waals surface area contributed by atoms with Crippen LogP contribution in [0.1, 0.15) is 10.4 Å². The number of methoxy groups -OCH3 is 1. The molecule has 0 spiro atoms. The van der Waals surface area contributed by atoms with Crippen LogP contribution in [0.5, 0.6) is 0 Å². The lowest BCUT2D eigenvalue weighted by molar-refractivity contribution is 0.0600. The van der Waals surface area contributed by atoms with E-state index in [0.717, 1.165) is 4.90 Å². The Morgan fingerprint density at radius 3 is 3.07 bits per heavy atom. The third-order valence-electron chi connectivity index (χ3n) is 1.49. The number of carbonyl (C=O) groups is 1. The number of esters is 1. The Morgan fingerprint density at radius 2 is 2.43 bits per heavy atom. The lowest BCUT2D eigenvalue weighted by atomic mass is 10.3. The predicted octanol–water partition coefficient (Wildman–Crippen LogP) is 0.953. The van der Waals surface area contributed by atoms with Crippen molar-refractivity contribution in [1.29, 1.82) is 0 Å². The zero-order valence-electron chi connectivity index (χ0n) is 7.77. The molecular weight excluding hydrogens is 202 g/mol. The molecule has 1 heterocycles. The molecular formula is C9H11NO3S. The summed E-state index contributed by atoms with van der Waals surface area (Å²) in [7, 11) is 1.33. The Bertz CT molecular complexity index is 317. The summed E-state index contributed by atoms with van der Waals surface area (Å²) >= 11 is 1.44. The van der Waals surface area contributed by atoms with E-state index < -0.39 is 5.97 Å². The van der Waals surface area contributed by atoms with E-state index in [1.165, 1.54) is 25.1 Å². The molecule has 0 atom stereocenters. The number of ether oxygens (including phenoxy) is 1. The zero-order chi connectivity index (χ0) is 10.4. The lowest BCUT2D eigenvalue weighted by Crippen LogP contribution is -2.01. The third kappa shape index (κ3) is 3.01. The summed E-state index contributed by atoms with van der Waals surface area (Å²) in [4.78, 5) is 15.9. The van der Waals surface area contributed by atoms with Crippen molar-refractivity contribution in [3.05, 3.63) is 24.0 Å². The summed E-state index contributed by atoms with van der Waals surface area (Å²) in [6.07, 6.45) is 3.10. The van der Waals surface area contributed by atoms with Crippen LogP contribution < -0.4 is 0 Å². The van der Waals surface area contributed by atoms with Crippen molar-refractivity contribution in [2.24, 2.45) is 0 Å². The van der Waals surface area contributed by atoms with Gasteiger partial charge in [0.25, 0.3) is 0 Å². The highest BCUT2D eigenvalue weighted by Gasteiger charge is 2.06. The van der Waals surface area contributed by atoms with Gasteiger partial charge in [-0.05, 0) is 6.07 Å². The molecule has 0 unspecified atom stereocenters. The van der Waals surface area contributed by atoms with Crippen LogP contribution in [-0.2, 0) is 4.74 Å². The number of hydrogen-bond donors (Lipinski definition) is 1. The van der Waals surface area contributed by atoms with E-state index in [0.29, 0.717) is 11.3 Å². The molecule has 0 radical (unpaired) electrons. The van der Waals surface area contributed by atoms with Gasteiger partial charge in [-0.15, -0.1) is 11.8 Å². The molecule has 0 fully saturated rings. The normalized spacial score (nSPS) is 9.86. The molecule has 76 valence electrons. The van der Waals surface area contributed by atoms with Gasteiger partial charge < -0.3 is 9.84 Å². The molecule has 0 aliphatic heterocycles. The maximum absolute atomic E-state index is 11.1. The number of aliphatic hydroxyl groups excluding tert-OH is 1. The molecule has 5 heteroatoms. The standard InChI is InChI=1S/C9H11NO3S/c1-13-9(12)7-4-8(6-10-5-7)14-3-2-11/h4-6,11H,2-3H2,1H3. The first-order valence-electron chi connectivity index (χ1n) is 4.05. The maximum atomic E-state index is 11.1. The van der Waals surface area contributed by atoms with E-state index in [-0.39, 0.29) is 6.61 Å². The SMILES string of the molecule is COC(=O)c1cncc(SCCO)c1. The van der Waals surface area contributed by atoms with Crippen molar-refractivity contribution in [1.82, 2.24) is 4.98 Å². The number of nitrogens with zero attached hydrogens (tertiary/aromatic N) is 1. The average molecular weight is 213 g/mol. The van der Waals surface area contributed by atoms with Gasteiger partial charge in [0.15, 0.2) is 0 Å². The summed E-state index contributed by atoms with van der Waals surface area (Å²) in [6, 6.07) is 1.69. The fraction of sp³-hybridized carbons (Fsp3) is 0.333. The minimum Gasteiger partial charge on any atom is -0.465 e. The Hall–Kier alpha value is -1.07. The lowest BCUT2D eigenvalue weighted by Gasteiger charge is -2.01. The van der Waals surface area contributed by atoms with Crippen LogP contribution in [0, 0.1) is 0 Å². The molecule has 0 saturated carbocycles. The highest BCUT2D eigenvalue weighted by molar-refractivity contribution is 7.99. The minimum atomic E-state index is -0.399. The highest BCUT2D eigenvalue weighted by Crippen LogP contribution is 2.17. The third-order valence-corrected chi connectivity index (χ3v) is 2.44. The molecule has 1 aromatic rings. The summed E-state index contributed by atoms with van der Waals surface area (Å²) in [5, 5.41) is 8.62. The monoisotopic (exact) mass is 213 g/mol. The number of aromatic nitrogens is 1. The quantitative estimate of drug-likeness (QED) is 0.596. The van der Waals surface area contributed by atoms with E-state index in [1.54, 1.807) is 12.3 Å². The number of aliphatic hydroxyl groups is 1. The second kappa shape index (κ2) is 5.62. The smallest absolute Gasteiger partial charge is 0.339 e. The predicted molar refractivity (Wildman–Crippen MR) is 53.4 cm³/mol. The van der Waals surface area contributed by atoms with Gasteiger partial charge in [0.1, 0.15) is 0 Å². The van der Waals surface area contributed by atoms with Crippen molar-refractivity contribution < 1.29 is 14.6 Å². The Balaban J connectivity index is 2.73. The van der Waals surface area contributed by atoms with Crippen molar-refractivity contribution in [2.75, 3.05) is 19.5 Å². The largest absolute Gasteiger partial charge is 0.465 e. The summed E-state index contributed by atoms with van der Waals surface area (Å²) in [5.74, 6) is 0.190. The second-order valence-electron chi connectivity index (χ2n) is 2.47. The molecule has 0 amide bonds. The van der Waals surface area contributed by atoms with Crippen LogP contribution >= 0.6 is 11.8 Å². The van der Waals surface area contributed by atoms with Crippen LogP contribution in [0.2, 0.25) is 0 Å². The van der Waals surface area contributed by atoms with Crippen molar-refractivity contribution >= 4 is 17.7 Å². The van der Waals surface area contributed by atoms with Gasteiger partial charge in [-0.1, -0.05) is 0 Å². The Labute approximate surface area is 86.3 Å². The van der Waals surface area contributed by atoms with E-state index in [2.05, 4.69) is 9.72 Å². The van der Waals surface area contributed by atoms with E-state index in [4.69, 9.17) is 5.11 Å². The number of carbonyl (C=O) groups excluding carboxylic acids is 1. The van der Waals surface area contributed by atoms with Gasteiger partial charge in [0.05, 0.1) is 19.3 Å². The average Bonchev–Trinajstić information content (AvgIpc) is 2.25. The fourth-order valence-electron chi connectivity index (χ4n) is 0.891. The molecule has 1 N–H and O–H groups in total. The van der Waals surface area contributed by atoms with Crippen LogP contribution in [0.4, 0.5) is 0 Å². The first-order chi connectivity index (χ1) is 6.77. The zero-order valence-corrected chi connectivity index (χ0v) is 8.58. The maximum Gasteiger partial charge on any atom is 0.339 e. The summed E-state index contributed by atoms with van der Waals surface area (Å²) in [5.41, 5.74) is 0.426. The molecule has 0 aliphatic carbocycles. The molecule has 1 rings (SSSR count). The molecule has 0 bridgehead atoms. The van der Waals surface area contributed by atoms with E-state index in [9.17, 15) is 4.79 Å². The summed E-state index contributed by atoms with van der Waals surface area (Å²) in [6.45, 7) is 0.104. The van der Waals surface area contributed by atoms with Crippen LogP contribution in [-0.4, -0.2) is 35.5 Å². The molecule has 0 aliphatic rings. The van der Waals surface area contributed by atoms with Crippen molar-refractivity contribution in [2.45, 2.75) is 4.90 Å². The van der Waals surface area contributed by atoms with Crippen molar-refractivity contribution in [3.63, 3.8) is 0 Å². The van der Waals surface area contributed by atoms with Crippen LogP contribution in [0.15, 0.2) is 23.4 Å². The molecule has 0 saturated heterocycles. The van der Waals surface area contributed by atoms with E-state index in [1.807, 2.05) is 0 Å². The number of rotatable bonds is 4. The second-order valence-corrected chi connectivity index (χ2v) is 3.64. The van der Waals surface area contributed by atoms with Gasteiger partial charge >= 0.3 is 5.97 Å². The van der Waals surface area contributed by atoms with Gasteiger partial charge in [0, 0.05) is 23.0 Å². The van der Waals surface area contributed by atoms with Crippen LogP contribution in [0.25, 0.3) is 0 Å². The first kappa shape index (κ1) is 11.0. The molecule has 0 aromatic carbocycles. The van der Waals surface area contributed by atoms with Gasteiger partial charge in [-0.2, -0.15) is 0 Å². The summed E-state index contributed by atoms with van der Waals surface area (Å²) < 4.78 is 4.56. The van der Waals surface area contributed by atoms with Crippen LogP contribution in [0.3, 0.4) is 0 Å². The minimum absolute atomic E-state index is 0.104.